The lowest BCUT2D eigenvalue weighted by molar-refractivity contribution is -0.126. The van der Waals surface area contributed by atoms with Gasteiger partial charge in [0.1, 0.15) is 11.7 Å². The fraction of sp³-hybridized carbons (Fsp3) is 0.688. The van der Waals surface area contributed by atoms with Crippen LogP contribution in [0.2, 0.25) is 0 Å². The zero-order valence-electron chi connectivity index (χ0n) is 14.8. The van der Waals surface area contributed by atoms with Crippen LogP contribution in [0.3, 0.4) is 0 Å². The maximum atomic E-state index is 12.5. The van der Waals surface area contributed by atoms with Gasteiger partial charge in [-0.15, -0.1) is 0 Å². The minimum absolute atomic E-state index is 0.000679. The highest BCUT2D eigenvalue weighted by atomic mass is 16.6. The molecule has 1 aromatic rings. The van der Waals surface area contributed by atoms with Crippen molar-refractivity contribution in [2.24, 2.45) is 0 Å². The summed E-state index contributed by atoms with van der Waals surface area (Å²) >= 11 is 0. The van der Waals surface area contributed by atoms with E-state index in [1.807, 2.05) is 6.92 Å². The highest BCUT2D eigenvalue weighted by Crippen LogP contribution is 2.30. The number of rotatable bonds is 1. The summed E-state index contributed by atoms with van der Waals surface area (Å²) in [7, 11) is 0. The molecule has 1 aromatic heterocycles. The van der Waals surface area contributed by atoms with Crippen LogP contribution in [0.15, 0.2) is 6.20 Å². The van der Waals surface area contributed by atoms with Gasteiger partial charge in [0.2, 0.25) is 0 Å². The molecule has 9 heteroatoms. The Labute approximate surface area is 145 Å². The summed E-state index contributed by atoms with van der Waals surface area (Å²) in [6.07, 6.45) is -1.46. The van der Waals surface area contributed by atoms with Gasteiger partial charge in [0.25, 0.3) is 5.91 Å². The Morgan fingerprint density at radius 3 is 2.56 bits per heavy atom. The second-order valence-corrected chi connectivity index (χ2v) is 7.58. The predicted octanol–water partition coefficient (Wildman–Crippen LogP) is 0.0907. The number of amides is 2. The summed E-state index contributed by atoms with van der Waals surface area (Å²) in [5.41, 5.74) is 0.580. The third-order valence-electron chi connectivity index (χ3n) is 4.39. The zero-order chi connectivity index (χ0) is 18.5. The van der Waals surface area contributed by atoms with Crippen LogP contribution in [0.4, 0.5) is 10.5 Å². The maximum Gasteiger partial charge on any atom is 0.410 e. The molecule has 0 spiro atoms. The van der Waals surface area contributed by atoms with E-state index in [-0.39, 0.29) is 19.1 Å². The molecule has 0 aromatic carbocycles. The number of ether oxygens (including phenoxy) is 1. The Hall–Kier alpha value is -2.13. The lowest BCUT2D eigenvalue weighted by Gasteiger charge is -2.36. The van der Waals surface area contributed by atoms with Gasteiger partial charge in [-0.2, -0.15) is 5.10 Å². The van der Waals surface area contributed by atoms with Crippen LogP contribution in [0, 0.1) is 0 Å². The number of β-amino-alcohol motifs (C(OH)–C–C–N with tert-alkyl or cyclic N) is 1. The van der Waals surface area contributed by atoms with E-state index in [9.17, 15) is 19.8 Å². The van der Waals surface area contributed by atoms with Crippen LogP contribution >= 0.6 is 0 Å². The van der Waals surface area contributed by atoms with Gasteiger partial charge in [-0.3, -0.25) is 14.4 Å². The summed E-state index contributed by atoms with van der Waals surface area (Å²) in [6.45, 7) is 8.04. The first-order chi connectivity index (χ1) is 11.6. The molecule has 2 aliphatic heterocycles. The molecule has 138 valence electrons. The van der Waals surface area contributed by atoms with Gasteiger partial charge in [0.15, 0.2) is 6.10 Å². The van der Waals surface area contributed by atoms with Gasteiger partial charge in [-0.05, 0) is 27.7 Å². The molecule has 0 saturated carbocycles. The van der Waals surface area contributed by atoms with Crippen molar-refractivity contribution in [3.63, 3.8) is 0 Å². The average molecular weight is 352 g/mol. The van der Waals surface area contributed by atoms with Crippen molar-refractivity contribution in [2.75, 3.05) is 11.4 Å². The van der Waals surface area contributed by atoms with Crippen molar-refractivity contribution in [3.05, 3.63) is 11.9 Å². The quantitative estimate of drug-likeness (QED) is 0.742. The number of aromatic nitrogens is 2. The van der Waals surface area contributed by atoms with Gasteiger partial charge < -0.3 is 19.8 Å². The first-order valence-electron chi connectivity index (χ1n) is 8.30. The predicted molar refractivity (Wildman–Crippen MR) is 87.8 cm³/mol. The third kappa shape index (κ3) is 3.21. The number of aliphatic hydroxyl groups is 2. The van der Waals surface area contributed by atoms with E-state index in [0.717, 1.165) is 0 Å². The molecule has 0 bridgehead atoms. The summed E-state index contributed by atoms with van der Waals surface area (Å²) in [6, 6.07) is -0.111. The lowest BCUT2D eigenvalue weighted by atomic mass is 10.2. The summed E-state index contributed by atoms with van der Waals surface area (Å²) in [4.78, 5) is 27.5. The Morgan fingerprint density at radius 1 is 1.32 bits per heavy atom. The van der Waals surface area contributed by atoms with Crippen LogP contribution in [-0.4, -0.2) is 67.3 Å². The van der Waals surface area contributed by atoms with Crippen LogP contribution in [0.5, 0.6) is 0 Å². The van der Waals surface area contributed by atoms with Crippen molar-refractivity contribution in [1.82, 2.24) is 14.7 Å². The average Bonchev–Trinajstić information content (AvgIpc) is 3.00. The standard InChI is InChI=1S/C16H24N4O5/c1-9-6-20-11(7-18(9)15(24)25-16(2,3)4)10(5-17-20)19-8-12(21)13(22)14(19)23/h5,9,12-13,21-22H,6-8H2,1-4H3/t9-,12+,13-/m0/s1. The van der Waals surface area contributed by atoms with Gasteiger partial charge >= 0.3 is 6.09 Å². The van der Waals surface area contributed by atoms with Crippen molar-refractivity contribution < 1.29 is 24.5 Å². The van der Waals surface area contributed by atoms with Crippen LogP contribution < -0.4 is 4.90 Å². The number of fused-ring (bicyclic) bond motifs is 1. The molecule has 3 atom stereocenters. The lowest BCUT2D eigenvalue weighted by Crippen LogP contribution is -2.47. The molecule has 0 aliphatic carbocycles. The Kier molecular flexibility index (Phi) is 4.24. The van der Waals surface area contributed by atoms with E-state index in [1.165, 1.54) is 11.1 Å². The molecule has 3 heterocycles. The van der Waals surface area contributed by atoms with Gasteiger partial charge in [0.05, 0.1) is 43.3 Å². The maximum absolute atomic E-state index is 12.5. The van der Waals surface area contributed by atoms with Crippen LogP contribution in [0.1, 0.15) is 33.4 Å². The van der Waals surface area contributed by atoms with E-state index in [4.69, 9.17) is 4.74 Å². The van der Waals surface area contributed by atoms with Crippen molar-refractivity contribution in [1.29, 1.82) is 0 Å². The van der Waals surface area contributed by atoms with Crippen molar-refractivity contribution in [3.8, 4) is 0 Å². The molecule has 3 rings (SSSR count). The second-order valence-electron chi connectivity index (χ2n) is 7.58. The fourth-order valence-electron chi connectivity index (χ4n) is 3.10. The first kappa shape index (κ1) is 17.7. The molecule has 2 amide bonds. The van der Waals surface area contributed by atoms with E-state index >= 15 is 0 Å². The van der Waals surface area contributed by atoms with Crippen LogP contribution in [0.25, 0.3) is 0 Å². The van der Waals surface area contributed by atoms with E-state index < -0.39 is 29.8 Å². The highest BCUT2D eigenvalue weighted by Gasteiger charge is 2.42. The highest BCUT2D eigenvalue weighted by molar-refractivity contribution is 5.99. The van der Waals surface area contributed by atoms with Gasteiger partial charge in [-0.25, -0.2) is 4.79 Å². The van der Waals surface area contributed by atoms with Crippen molar-refractivity contribution >= 4 is 17.7 Å². The van der Waals surface area contributed by atoms with E-state index in [1.54, 1.807) is 30.4 Å². The minimum atomic E-state index is -1.43. The minimum Gasteiger partial charge on any atom is -0.444 e. The number of carbonyl (C=O) groups excluding carboxylic acids is 2. The molecule has 9 nitrogen and oxygen atoms in total. The molecule has 2 N–H and O–H groups in total. The first-order valence-corrected chi connectivity index (χ1v) is 8.30. The number of aliphatic hydroxyl groups excluding tert-OH is 2. The second kappa shape index (κ2) is 5.99. The number of carbonyl (C=O) groups is 2. The zero-order valence-corrected chi connectivity index (χ0v) is 14.8. The fourth-order valence-corrected chi connectivity index (χ4v) is 3.10. The molecule has 0 unspecified atom stereocenters. The number of hydrogen-bond acceptors (Lipinski definition) is 6. The van der Waals surface area contributed by atoms with Crippen molar-refractivity contribution in [2.45, 2.75) is 64.6 Å². The third-order valence-corrected chi connectivity index (χ3v) is 4.39. The topological polar surface area (TPSA) is 108 Å². The Balaban J connectivity index is 1.86. The molecular formula is C16H24N4O5. The molecule has 1 fully saturated rings. The molecular weight excluding hydrogens is 328 g/mol. The number of anilines is 1. The normalized spacial score (nSPS) is 26.8. The molecule has 25 heavy (non-hydrogen) atoms. The van der Waals surface area contributed by atoms with Gasteiger partial charge in [0, 0.05) is 0 Å². The Morgan fingerprint density at radius 2 is 2.00 bits per heavy atom. The summed E-state index contributed by atoms with van der Waals surface area (Å²) in [5.74, 6) is -0.564. The summed E-state index contributed by atoms with van der Waals surface area (Å²) < 4.78 is 7.20. The largest absolute Gasteiger partial charge is 0.444 e. The molecule has 0 radical (unpaired) electrons. The molecule has 2 aliphatic rings. The Bertz CT molecular complexity index is 695. The molecule has 1 saturated heterocycles. The van der Waals surface area contributed by atoms with E-state index in [0.29, 0.717) is 17.9 Å². The van der Waals surface area contributed by atoms with Gasteiger partial charge in [-0.1, -0.05) is 0 Å². The monoisotopic (exact) mass is 352 g/mol. The smallest absolute Gasteiger partial charge is 0.410 e. The van der Waals surface area contributed by atoms with Crippen LogP contribution in [-0.2, 0) is 22.6 Å². The summed E-state index contributed by atoms with van der Waals surface area (Å²) in [5, 5.41) is 23.7. The SMILES string of the molecule is C[C@H]1Cn2ncc(N3C[C@@H](O)[C@H](O)C3=O)c2CN1C(=O)OC(C)(C)C. The van der Waals surface area contributed by atoms with E-state index in [2.05, 4.69) is 5.10 Å². The number of hydrogen-bond donors (Lipinski definition) is 2. The number of nitrogens with zero attached hydrogens (tertiary/aromatic N) is 4.